The molecule has 2 aliphatic heterocycles. The molecule has 2 aliphatic rings. The van der Waals surface area contributed by atoms with Crippen LogP contribution in [-0.4, -0.2) is 58.5 Å². The molecule has 1 aromatic heterocycles. The largest absolute Gasteiger partial charge is 0.480 e. The number of aromatic nitrogens is 2. The van der Waals surface area contributed by atoms with Crippen molar-refractivity contribution in [1.82, 2.24) is 14.5 Å². The Kier molecular flexibility index (Phi) is 6.29. The lowest BCUT2D eigenvalue weighted by molar-refractivity contribution is 0.307. The highest BCUT2D eigenvalue weighted by Crippen LogP contribution is 2.43. The molecular weight excluding hydrogens is 394 g/mol. The second kappa shape index (κ2) is 8.94. The maximum Gasteiger partial charge on any atom is 0.233 e. The van der Waals surface area contributed by atoms with Gasteiger partial charge in [-0.1, -0.05) is 42.3 Å². The van der Waals surface area contributed by atoms with Gasteiger partial charge >= 0.3 is 0 Å². The van der Waals surface area contributed by atoms with Crippen LogP contribution in [0.25, 0.3) is 0 Å². The zero-order valence-corrected chi connectivity index (χ0v) is 19.1. The number of benzene rings is 1. The van der Waals surface area contributed by atoms with Gasteiger partial charge in [0, 0.05) is 37.0 Å². The van der Waals surface area contributed by atoms with E-state index in [0.717, 1.165) is 38.3 Å². The van der Waals surface area contributed by atoms with Crippen molar-refractivity contribution in [3.63, 3.8) is 0 Å². The second-order valence-corrected chi connectivity index (χ2v) is 10.00. The fourth-order valence-corrected chi connectivity index (χ4v) is 5.20. The molecule has 1 aromatic carbocycles. The number of piperidine rings is 1. The van der Waals surface area contributed by atoms with Crippen LogP contribution in [0.3, 0.4) is 0 Å². The third kappa shape index (κ3) is 4.78. The van der Waals surface area contributed by atoms with Crippen molar-refractivity contribution < 1.29 is 4.74 Å². The number of rotatable bonds is 4. The van der Waals surface area contributed by atoms with E-state index >= 15 is 0 Å². The van der Waals surface area contributed by atoms with Crippen molar-refractivity contribution in [2.75, 3.05) is 31.6 Å². The second-order valence-electron chi connectivity index (χ2n) is 8.88. The van der Waals surface area contributed by atoms with Crippen molar-refractivity contribution in [3.8, 4) is 5.88 Å². The highest BCUT2D eigenvalue weighted by atomic mass is 32.2. The molecule has 2 aromatic rings. The maximum atomic E-state index is 5.28. The number of nitrogens with zero attached hydrogens (tertiary/aromatic N) is 5. The van der Waals surface area contributed by atoms with Gasteiger partial charge < -0.3 is 9.64 Å². The summed E-state index contributed by atoms with van der Waals surface area (Å²) >= 11 is 1.93. The molecule has 2 fully saturated rings. The first-order chi connectivity index (χ1) is 14.4. The molecule has 1 atom stereocenters. The van der Waals surface area contributed by atoms with Gasteiger partial charge in [0.2, 0.25) is 5.88 Å². The van der Waals surface area contributed by atoms with E-state index in [4.69, 9.17) is 9.73 Å². The van der Waals surface area contributed by atoms with Crippen LogP contribution in [-0.2, 0) is 0 Å². The molecule has 0 aliphatic carbocycles. The third-order valence-corrected chi connectivity index (χ3v) is 7.35. The topological polar surface area (TPSA) is 53.9 Å². The van der Waals surface area contributed by atoms with E-state index < -0.39 is 0 Å². The van der Waals surface area contributed by atoms with Crippen molar-refractivity contribution in [3.05, 3.63) is 48.0 Å². The maximum absolute atomic E-state index is 5.28. The van der Waals surface area contributed by atoms with Crippen LogP contribution in [0.1, 0.15) is 44.4 Å². The zero-order valence-electron chi connectivity index (χ0n) is 18.3. The van der Waals surface area contributed by atoms with Gasteiger partial charge in [0.15, 0.2) is 5.82 Å². The Morgan fingerprint density at radius 3 is 2.37 bits per heavy atom. The van der Waals surface area contributed by atoms with Gasteiger partial charge in [-0.25, -0.2) is 4.31 Å². The van der Waals surface area contributed by atoms with Crippen LogP contribution in [0.5, 0.6) is 5.88 Å². The van der Waals surface area contributed by atoms with E-state index in [0.29, 0.717) is 17.2 Å². The Morgan fingerprint density at radius 1 is 1.03 bits per heavy atom. The van der Waals surface area contributed by atoms with E-state index in [1.54, 1.807) is 7.11 Å². The molecule has 0 bridgehead atoms. The summed E-state index contributed by atoms with van der Waals surface area (Å²) in [7, 11) is 1.61. The van der Waals surface area contributed by atoms with Crippen LogP contribution >= 0.6 is 11.9 Å². The average molecular weight is 426 g/mol. The molecule has 7 heteroatoms. The molecule has 4 rings (SSSR count). The lowest BCUT2D eigenvalue weighted by Crippen LogP contribution is -2.37. The van der Waals surface area contributed by atoms with Crippen molar-refractivity contribution in [2.24, 2.45) is 4.99 Å². The molecule has 0 saturated carbocycles. The molecule has 30 heavy (non-hydrogen) atoms. The van der Waals surface area contributed by atoms with Crippen molar-refractivity contribution in [1.29, 1.82) is 0 Å². The Morgan fingerprint density at radius 2 is 1.77 bits per heavy atom. The van der Waals surface area contributed by atoms with E-state index in [1.807, 2.05) is 24.1 Å². The minimum absolute atomic E-state index is 0.116. The molecule has 6 nitrogen and oxygen atoms in total. The van der Waals surface area contributed by atoms with Gasteiger partial charge in [0.1, 0.15) is 0 Å². The summed E-state index contributed by atoms with van der Waals surface area (Å²) in [5, 5.41) is 8.71. The Hall–Kier alpha value is -2.12. The summed E-state index contributed by atoms with van der Waals surface area (Å²) in [6.45, 7) is 9.67. The minimum Gasteiger partial charge on any atom is -0.480 e. The number of anilines is 1. The summed E-state index contributed by atoms with van der Waals surface area (Å²) in [6.07, 6.45) is 2.08. The van der Waals surface area contributed by atoms with Gasteiger partial charge in [-0.3, -0.25) is 4.99 Å². The molecule has 1 unspecified atom stereocenters. The normalized spacial score (nSPS) is 22.6. The smallest absolute Gasteiger partial charge is 0.233 e. The lowest BCUT2D eigenvalue weighted by Gasteiger charge is -2.31. The minimum atomic E-state index is 0.116. The van der Waals surface area contributed by atoms with E-state index in [2.05, 4.69) is 70.5 Å². The molecule has 3 heterocycles. The molecular formula is C23H31N5OS. The quantitative estimate of drug-likeness (QED) is 0.677. The number of hydrogen-bond acceptors (Lipinski definition) is 7. The number of methoxy groups -OCH3 is 1. The van der Waals surface area contributed by atoms with Crippen LogP contribution < -0.4 is 9.64 Å². The van der Waals surface area contributed by atoms with Gasteiger partial charge in [-0.15, -0.1) is 10.2 Å². The predicted octanol–water partition coefficient (Wildman–Crippen LogP) is 4.40. The summed E-state index contributed by atoms with van der Waals surface area (Å²) in [5.41, 5.74) is 2.77. The summed E-state index contributed by atoms with van der Waals surface area (Å²) in [6, 6.07) is 15.0. The monoisotopic (exact) mass is 425 g/mol. The van der Waals surface area contributed by atoms with Crippen molar-refractivity contribution >= 4 is 23.5 Å². The van der Waals surface area contributed by atoms with Gasteiger partial charge in [0.05, 0.1) is 18.4 Å². The van der Waals surface area contributed by atoms with E-state index in [-0.39, 0.29) is 5.54 Å². The fourth-order valence-electron chi connectivity index (χ4n) is 3.89. The molecule has 0 spiro atoms. The molecule has 160 valence electrons. The highest BCUT2D eigenvalue weighted by molar-refractivity contribution is 7.98. The van der Waals surface area contributed by atoms with Gasteiger partial charge in [-0.2, -0.15) is 0 Å². The van der Waals surface area contributed by atoms with E-state index in [9.17, 15) is 0 Å². The first-order valence-corrected chi connectivity index (χ1v) is 11.5. The first kappa shape index (κ1) is 21.1. The molecule has 0 amide bonds. The van der Waals surface area contributed by atoms with Crippen molar-refractivity contribution in [2.45, 2.75) is 50.4 Å². The Bertz CT molecular complexity index is 857. The Balaban J connectivity index is 1.46. The molecule has 2 saturated heterocycles. The summed E-state index contributed by atoms with van der Waals surface area (Å²) in [5.74, 6) is 1.47. The summed E-state index contributed by atoms with van der Waals surface area (Å²) in [4.78, 5) is 7.58. The van der Waals surface area contributed by atoms with Crippen LogP contribution in [0, 0.1) is 0 Å². The predicted molar refractivity (Wildman–Crippen MR) is 124 cm³/mol. The van der Waals surface area contributed by atoms with Crippen LogP contribution in [0.15, 0.2) is 47.5 Å². The Labute approximate surface area is 183 Å². The van der Waals surface area contributed by atoms with E-state index in [1.165, 1.54) is 11.3 Å². The number of aliphatic imine (C=N–C) groups is 1. The fraction of sp³-hybridized carbons (Fsp3) is 0.522. The van der Waals surface area contributed by atoms with Crippen LogP contribution in [0.2, 0.25) is 0 Å². The van der Waals surface area contributed by atoms with Gasteiger partial charge in [0.25, 0.3) is 0 Å². The SMILES string of the molecule is COc1ccc(N2CCC(N=C3CN(C(C)(C)C)SC3c3ccccc3)CC2)nn1. The number of ether oxygens (including phenoxy) is 1. The molecule has 0 N–H and O–H groups in total. The zero-order chi connectivity index (χ0) is 21.1. The standard InChI is InChI=1S/C23H31N5OS/c1-23(2,3)28-16-19(22(30-28)17-8-6-5-7-9-17)24-18-12-14-27(15-13-18)20-10-11-21(29-4)26-25-20/h5-11,18,22H,12-16H2,1-4H3. The van der Waals surface area contributed by atoms with Gasteiger partial charge in [-0.05, 0) is 45.2 Å². The van der Waals surface area contributed by atoms with Crippen LogP contribution in [0.4, 0.5) is 5.82 Å². The lowest BCUT2D eigenvalue weighted by atomic mass is 10.0. The number of hydrogen-bond donors (Lipinski definition) is 0. The average Bonchev–Trinajstić information content (AvgIpc) is 3.19. The highest BCUT2D eigenvalue weighted by Gasteiger charge is 2.37. The third-order valence-electron chi connectivity index (χ3n) is 5.66. The first-order valence-electron chi connectivity index (χ1n) is 10.6. The molecule has 0 radical (unpaired) electrons. The summed E-state index contributed by atoms with van der Waals surface area (Å²) < 4.78 is 7.59.